The zero-order valence-electron chi connectivity index (χ0n) is 17.2. The second-order valence-corrected chi connectivity index (χ2v) is 9.98. The highest BCUT2D eigenvalue weighted by molar-refractivity contribution is 7.92. The summed E-state index contributed by atoms with van der Waals surface area (Å²) >= 11 is 0. The average Bonchev–Trinajstić information content (AvgIpc) is 2.96. The van der Waals surface area contributed by atoms with Crippen LogP contribution in [-0.4, -0.2) is 25.1 Å². The van der Waals surface area contributed by atoms with Gasteiger partial charge in [-0.15, -0.1) is 0 Å². The van der Waals surface area contributed by atoms with Crippen LogP contribution in [-0.2, 0) is 26.2 Å². The van der Waals surface area contributed by atoms with Gasteiger partial charge < -0.3 is 0 Å². The summed E-state index contributed by atoms with van der Waals surface area (Å²) in [5, 5.41) is 0. The monoisotopic (exact) mass is 426 g/mol. The lowest BCUT2D eigenvalue weighted by Crippen LogP contribution is -2.30. The minimum absolute atomic E-state index is 0.109. The van der Waals surface area contributed by atoms with Crippen molar-refractivity contribution < 1.29 is 18.0 Å². The molecule has 2 unspecified atom stereocenters. The van der Waals surface area contributed by atoms with E-state index in [0.29, 0.717) is 16.8 Å². The summed E-state index contributed by atoms with van der Waals surface area (Å²) in [6.45, 7) is 3.77. The number of nitrogens with one attached hydrogen (secondary N) is 1. The number of aryl methyl sites for hydroxylation is 2. The first-order valence-electron chi connectivity index (χ1n) is 10.3. The second-order valence-electron chi connectivity index (χ2n) is 8.33. The van der Waals surface area contributed by atoms with Crippen LogP contribution in [0.25, 0.3) is 0 Å². The molecule has 2 aliphatic rings. The largest absolute Gasteiger partial charge is 0.280 e. The third kappa shape index (κ3) is 3.86. The molecule has 2 atom stereocenters. The van der Waals surface area contributed by atoms with Gasteiger partial charge in [0.25, 0.3) is 10.0 Å². The van der Waals surface area contributed by atoms with E-state index in [1.807, 2.05) is 19.1 Å². The van der Waals surface area contributed by atoms with Crippen LogP contribution in [0.3, 0.4) is 0 Å². The first-order chi connectivity index (χ1) is 14.3. The molecule has 1 aliphatic heterocycles. The number of fused-ring (bicyclic) bond motifs is 1. The number of hydrogen-bond donors (Lipinski definition) is 1. The summed E-state index contributed by atoms with van der Waals surface area (Å²) in [6.07, 6.45) is 3.48. The number of imide groups is 1. The van der Waals surface area contributed by atoms with E-state index in [1.54, 1.807) is 37.3 Å². The molecule has 7 heteroatoms. The van der Waals surface area contributed by atoms with E-state index in [1.165, 1.54) is 4.90 Å². The number of nitrogens with zero attached hydrogens (tertiary/aromatic N) is 1. The Morgan fingerprint density at radius 3 is 2.13 bits per heavy atom. The van der Waals surface area contributed by atoms with Crippen LogP contribution in [0, 0.1) is 25.7 Å². The Morgan fingerprint density at radius 1 is 0.933 bits per heavy atom. The predicted octanol–water partition coefficient (Wildman–Crippen LogP) is 3.78. The highest BCUT2D eigenvalue weighted by Crippen LogP contribution is 2.38. The Morgan fingerprint density at radius 2 is 1.53 bits per heavy atom. The summed E-state index contributed by atoms with van der Waals surface area (Å²) in [5.74, 6) is -0.647. The van der Waals surface area contributed by atoms with Crippen molar-refractivity contribution in [2.24, 2.45) is 11.8 Å². The molecule has 6 nitrogen and oxygen atoms in total. The first kappa shape index (κ1) is 20.6. The minimum Gasteiger partial charge on any atom is -0.280 e. The van der Waals surface area contributed by atoms with E-state index in [4.69, 9.17) is 0 Å². The van der Waals surface area contributed by atoms with E-state index in [-0.39, 0.29) is 35.1 Å². The van der Waals surface area contributed by atoms with Crippen LogP contribution in [0.5, 0.6) is 0 Å². The van der Waals surface area contributed by atoms with Crippen molar-refractivity contribution in [2.75, 3.05) is 4.72 Å². The van der Waals surface area contributed by atoms with Gasteiger partial charge in [0.2, 0.25) is 11.8 Å². The molecule has 158 valence electrons. The van der Waals surface area contributed by atoms with Crippen LogP contribution >= 0.6 is 0 Å². The maximum absolute atomic E-state index is 13.0. The smallest absolute Gasteiger partial charge is 0.262 e. The number of carbonyl (C=O) groups excluding carboxylic acids is 2. The molecule has 1 saturated heterocycles. The summed E-state index contributed by atoms with van der Waals surface area (Å²) < 4.78 is 28.6. The van der Waals surface area contributed by atoms with Crippen molar-refractivity contribution >= 4 is 27.5 Å². The maximum atomic E-state index is 13.0. The van der Waals surface area contributed by atoms with Gasteiger partial charge >= 0.3 is 0 Å². The Bertz CT molecular complexity index is 1070. The molecule has 1 heterocycles. The van der Waals surface area contributed by atoms with Gasteiger partial charge in [-0.3, -0.25) is 19.2 Å². The fourth-order valence-electron chi connectivity index (χ4n) is 4.43. The lowest BCUT2D eigenvalue weighted by Gasteiger charge is -2.19. The number of likely N-dealkylation sites (tertiary alicyclic amines) is 1. The van der Waals surface area contributed by atoms with Crippen molar-refractivity contribution in [3.05, 3.63) is 59.2 Å². The van der Waals surface area contributed by atoms with E-state index >= 15 is 0 Å². The van der Waals surface area contributed by atoms with Gasteiger partial charge in [-0.1, -0.05) is 42.7 Å². The fraction of sp³-hybridized carbons (Fsp3) is 0.391. The molecular formula is C23H26N2O4S. The standard InChI is InChI=1S/C23H26N2O4S/c1-15-7-11-18(12-8-15)24-30(28,29)21-13-17(10-9-16(21)2)14-25-22(26)19-5-3-4-6-20(19)23(25)27/h7-13,19-20,24H,3-6,14H2,1-2H3. The highest BCUT2D eigenvalue weighted by atomic mass is 32.2. The van der Waals surface area contributed by atoms with Gasteiger partial charge in [-0.25, -0.2) is 8.42 Å². The zero-order valence-corrected chi connectivity index (χ0v) is 18.0. The Hall–Kier alpha value is -2.67. The topological polar surface area (TPSA) is 83.6 Å². The summed E-state index contributed by atoms with van der Waals surface area (Å²) in [6, 6.07) is 12.2. The van der Waals surface area contributed by atoms with Crippen molar-refractivity contribution in [3.63, 3.8) is 0 Å². The van der Waals surface area contributed by atoms with Gasteiger partial charge in [0.15, 0.2) is 0 Å². The molecule has 1 saturated carbocycles. The van der Waals surface area contributed by atoms with Crippen LogP contribution < -0.4 is 4.72 Å². The molecule has 0 bridgehead atoms. The van der Waals surface area contributed by atoms with Gasteiger partial charge in [-0.2, -0.15) is 0 Å². The zero-order chi connectivity index (χ0) is 21.5. The predicted molar refractivity (Wildman–Crippen MR) is 114 cm³/mol. The number of anilines is 1. The van der Waals surface area contributed by atoms with E-state index < -0.39 is 10.0 Å². The molecule has 2 amide bonds. The number of amides is 2. The summed E-state index contributed by atoms with van der Waals surface area (Å²) in [4.78, 5) is 27.0. The summed E-state index contributed by atoms with van der Waals surface area (Å²) in [5.41, 5.74) is 2.76. The van der Waals surface area contributed by atoms with Crippen LogP contribution in [0.4, 0.5) is 5.69 Å². The molecule has 0 spiro atoms. The third-order valence-corrected chi connectivity index (χ3v) is 7.64. The molecular weight excluding hydrogens is 400 g/mol. The Kier molecular flexibility index (Phi) is 5.40. The average molecular weight is 427 g/mol. The van der Waals surface area contributed by atoms with Crippen molar-refractivity contribution in [1.82, 2.24) is 4.90 Å². The van der Waals surface area contributed by atoms with Crippen molar-refractivity contribution in [1.29, 1.82) is 0 Å². The normalized spacial score (nSPS) is 21.6. The van der Waals surface area contributed by atoms with E-state index in [9.17, 15) is 18.0 Å². The lowest BCUT2D eigenvalue weighted by molar-refractivity contribution is -0.140. The maximum Gasteiger partial charge on any atom is 0.262 e. The van der Waals surface area contributed by atoms with Crippen LogP contribution in [0.2, 0.25) is 0 Å². The number of benzene rings is 2. The summed E-state index contributed by atoms with van der Waals surface area (Å²) in [7, 11) is -3.80. The highest BCUT2D eigenvalue weighted by Gasteiger charge is 2.47. The first-order valence-corrected chi connectivity index (χ1v) is 11.8. The number of sulfonamides is 1. The number of hydrogen-bond acceptors (Lipinski definition) is 4. The molecule has 2 aromatic carbocycles. The molecule has 4 rings (SSSR count). The molecule has 1 aliphatic carbocycles. The Labute approximate surface area is 177 Å². The van der Waals surface area contributed by atoms with Crippen molar-refractivity contribution in [3.8, 4) is 0 Å². The quantitative estimate of drug-likeness (QED) is 0.738. The van der Waals surface area contributed by atoms with E-state index in [2.05, 4.69) is 4.72 Å². The second kappa shape index (κ2) is 7.87. The lowest BCUT2D eigenvalue weighted by atomic mass is 9.81. The van der Waals surface area contributed by atoms with Gasteiger partial charge in [0.05, 0.1) is 23.3 Å². The van der Waals surface area contributed by atoms with Crippen LogP contribution in [0.1, 0.15) is 42.4 Å². The van der Waals surface area contributed by atoms with Crippen LogP contribution in [0.15, 0.2) is 47.4 Å². The minimum atomic E-state index is -3.80. The van der Waals surface area contributed by atoms with E-state index in [0.717, 1.165) is 31.2 Å². The SMILES string of the molecule is Cc1ccc(NS(=O)(=O)c2cc(CN3C(=O)C4CCCCC4C3=O)ccc2C)cc1. The molecule has 2 aromatic rings. The fourth-order valence-corrected chi connectivity index (χ4v) is 5.79. The number of carbonyl (C=O) groups is 2. The Balaban J connectivity index is 1.58. The third-order valence-electron chi connectivity index (χ3n) is 6.12. The molecule has 0 aromatic heterocycles. The molecule has 1 N–H and O–H groups in total. The molecule has 0 radical (unpaired) electrons. The van der Waals surface area contributed by atoms with Gasteiger partial charge in [0.1, 0.15) is 0 Å². The molecule has 2 fully saturated rings. The van der Waals surface area contributed by atoms with Gasteiger partial charge in [0, 0.05) is 5.69 Å². The molecule has 30 heavy (non-hydrogen) atoms. The van der Waals surface area contributed by atoms with Gasteiger partial charge in [-0.05, 0) is 56.0 Å². The van der Waals surface area contributed by atoms with Crippen molar-refractivity contribution in [2.45, 2.75) is 51.0 Å². The number of rotatable bonds is 5.